The van der Waals surface area contributed by atoms with E-state index in [1.165, 1.54) is 16.2 Å². The Kier molecular flexibility index (Phi) is 6.01. The van der Waals surface area contributed by atoms with Gasteiger partial charge in [0, 0.05) is 28.1 Å². The Hall–Kier alpha value is -1.83. The summed E-state index contributed by atoms with van der Waals surface area (Å²) in [5, 5.41) is 1.60. The Morgan fingerprint density at radius 2 is 1.96 bits per heavy atom. The van der Waals surface area contributed by atoms with Gasteiger partial charge in [-0.05, 0) is 25.0 Å². The van der Waals surface area contributed by atoms with Crippen LogP contribution in [0, 0.1) is 0 Å². The number of fused-ring (bicyclic) bond motifs is 1. The Labute approximate surface area is 164 Å². The summed E-state index contributed by atoms with van der Waals surface area (Å²) in [5.74, 6) is -0.995. The Balaban J connectivity index is 1.60. The first-order chi connectivity index (χ1) is 12.5. The number of nitrogens with zero attached hydrogens (tertiary/aromatic N) is 1. The summed E-state index contributed by atoms with van der Waals surface area (Å²) in [6, 6.07) is 5.18. The van der Waals surface area contributed by atoms with Gasteiger partial charge in [-0.1, -0.05) is 35.7 Å². The lowest BCUT2D eigenvalue weighted by atomic mass is 10.2. The second kappa shape index (κ2) is 8.24. The molecule has 0 atom stereocenters. The lowest BCUT2D eigenvalue weighted by Gasteiger charge is -2.19. The molecule has 0 spiro atoms. The third-order valence-corrected chi connectivity index (χ3v) is 6.01. The third kappa shape index (κ3) is 4.28. The van der Waals surface area contributed by atoms with Gasteiger partial charge in [-0.15, -0.1) is 11.3 Å². The van der Waals surface area contributed by atoms with Gasteiger partial charge in [0.25, 0.3) is 11.8 Å². The van der Waals surface area contributed by atoms with Crippen molar-refractivity contribution in [2.24, 2.45) is 0 Å². The maximum absolute atomic E-state index is 12.3. The van der Waals surface area contributed by atoms with Crippen LogP contribution < -0.4 is 10.9 Å². The van der Waals surface area contributed by atoms with Crippen LogP contribution in [0.5, 0.6) is 0 Å². The molecule has 1 fully saturated rings. The molecule has 2 heterocycles. The molecule has 0 unspecified atom stereocenters. The number of benzene rings is 1. The van der Waals surface area contributed by atoms with Gasteiger partial charge in [0.2, 0.25) is 5.91 Å². The first kappa shape index (κ1) is 18.9. The number of hydrogen-bond acceptors (Lipinski definition) is 4. The molecular formula is C17H17Cl2N3O3S. The quantitative estimate of drug-likeness (QED) is 0.756. The van der Waals surface area contributed by atoms with E-state index in [0.717, 1.165) is 29.3 Å². The lowest BCUT2D eigenvalue weighted by molar-refractivity contribution is -0.135. The number of halogens is 2. The summed E-state index contributed by atoms with van der Waals surface area (Å²) in [6.45, 7) is 0.484. The third-order valence-electron chi connectivity index (χ3n) is 4.12. The second-order valence-electron chi connectivity index (χ2n) is 6.01. The van der Waals surface area contributed by atoms with E-state index >= 15 is 0 Å². The van der Waals surface area contributed by atoms with E-state index in [4.69, 9.17) is 23.2 Å². The molecule has 9 heteroatoms. The van der Waals surface area contributed by atoms with Crippen LogP contribution in [0.25, 0.3) is 10.1 Å². The van der Waals surface area contributed by atoms with Crippen molar-refractivity contribution < 1.29 is 14.4 Å². The van der Waals surface area contributed by atoms with E-state index in [9.17, 15) is 14.4 Å². The fourth-order valence-electron chi connectivity index (χ4n) is 2.79. The van der Waals surface area contributed by atoms with Crippen molar-refractivity contribution in [1.82, 2.24) is 15.8 Å². The zero-order valence-electron chi connectivity index (χ0n) is 13.8. The number of hydrogen-bond donors (Lipinski definition) is 2. The average molecular weight is 414 g/mol. The predicted molar refractivity (Wildman–Crippen MR) is 103 cm³/mol. The van der Waals surface area contributed by atoms with Crippen molar-refractivity contribution in [2.45, 2.75) is 25.7 Å². The number of carbonyl (C=O) groups excluding carboxylic acids is 3. The van der Waals surface area contributed by atoms with Gasteiger partial charge in [0.1, 0.15) is 11.4 Å². The Bertz CT molecular complexity index is 868. The van der Waals surface area contributed by atoms with Crippen LogP contribution in [0.4, 0.5) is 0 Å². The fraction of sp³-hybridized carbons (Fsp3) is 0.353. The maximum atomic E-state index is 12.3. The van der Waals surface area contributed by atoms with Gasteiger partial charge in [-0.2, -0.15) is 0 Å². The number of hydrazine groups is 1. The highest BCUT2D eigenvalue weighted by Gasteiger charge is 2.21. The topological polar surface area (TPSA) is 78.5 Å². The van der Waals surface area contributed by atoms with Crippen LogP contribution in [-0.4, -0.2) is 35.7 Å². The smallest absolute Gasteiger partial charge is 0.281 e. The first-order valence-electron chi connectivity index (χ1n) is 8.20. The molecule has 2 N–H and O–H groups in total. The lowest BCUT2D eigenvalue weighted by Crippen LogP contribution is -2.47. The van der Waals surface area contributed by atoms with E-state index < -0.39 is 11.8 Å². The van der Waals surface area contributed by atoms with Crippen molar-refractivity contribution in [3.8, 4) is 0 Å². The summed E-state index contributed by atoms with van der Waals surface area (Å²) in [4.78, 5) is 38.1. The van der Waals surface area contributed by atoms with Crippen molar-refractivity contribution in [2.75, 3.05) is 13.1 Å². The molecule has 1 saturated heterocycles. The molecule has 3 amide bonds. The van der Waals surface area contributed by atoms with Gasteiger partial charge in [0.15, 0.2) is 0 Å². The van der Waals surface area contributed by atoms with Crippen LogP contribution in [0.1, 0.15) is 35.4 Å². The monoisotopic (exact) mass is 413 g/mol. The van der Waals surface area contributed by atoms with Crippen LogP contribution in [-0.2, 0) is 9.59 Å². The highest BCUT2D eigenvalue weighted by Crippen LogP contribution is 2.36. The van der Waals surface area contributed by atoms with Gasteiger partial charge >= 0.3 is 0 Å². The van der Waals surface area contributed by atoms with Gasteiger partial charge in [-0.3, -0.25) is 25.2 Å². The van der Waals surface area contributed by atoms with E-state index in [1.807, 2.05) is 0 Å². The molecular weight excluding hydrogens is 397 g/mol. The summed E-state index contributed by atoms with van der Waals surface area (Å²) in [6.07, 6.45) is 3.17. The minimum absolute atomic E-state index is 0.0339. The molecule has 1 aromatic carbocycles. The van der Waals surface area contributed by atoms with Crippen molar-refractivity contribution in [1.29, 1.82) is 0 Å². The number of carbonyl (C=O) groups is 3. The molecule has 1 aromatic heterocycles. The van der Waals surface area contributed by atoms with Gasteiger partial charge in [0.05, 0.1) is 5.02 Å². The molecule has 0 bridgehead atoms. The minimum atomic E-state index is -0.511. The summed E-state index contributed by atoms with van der Waals surface area (Å²) in [7, 11) is 0. The molecule has 6 nitrogen and oxygen atoms in total. The number of rotatable bonds is 3. The van der Waals surface area contributed by atoms with Gasteiger partial charge in [-0.25, -0.2) is 0 Å². The van der Waals surface area contributed by atoms with Crippen molar-refractivity contribution >= 4 is 62.3 Å². The number of amides is 3. The van der Waals surface area contributed by atoms with Gasteiger partial charge < -0.3 is 4.90 Å². The summed E-state index contributed by atoms with van der Waals surface area (Å²) >= 11 is 13.4. The van der Waals surface area contributed by atoms with E-state index in [1.54, 1.807) is 18.2 Å². The highest BCUT2D eigenvalue weighted by atomic mass is 35.5. The molecule has 2 aromatic rings. The zero-order valence-corrected chi connectivity index (χ0v) is 16.1. The molecule has 3 rings (SSSR count). The standard InChI is InChI=1S/C17H17Cl2N3O3S/c18-10-5-6-11-12(8-10)26-16(15(11)19)17(25)21-20-13(23)9-22-7-3-1-2-4-14(22)24/h5-6,8H,1-4,7,9H2,(H,20,23)(H,21,25). The SMILES string of the molecule is O=C(CN1CCCCCC1=O)NNC(=O)c1sc2cc(Cl)ccc2c1Cl. The zero-order chi connectivity index (χ0) is 18.7. The minimum Gasteiger partial charge on any atom is -0.333 e. The largest absolute Gasteiger partial charge is 0.333 e. The van der Waals surface area contributed by atoms with Crippen molar-refractivity contribution in [3.05, 3.63) is 33.1 Å². The highest BCUT2D eigenvalue weighted by molar-refractivity contribution is 7.21. The molecule has 0 saturated carbocycles. The Morgan fingerprint density at radius 1 is 1.15 bits per heavy atom. The molecule has 138 valence electrons. The fourth-order valence-corrected chi connectivity index (χ4v) is 4.48. The number of nitrogens with one attached hydrogen (secondary N) is 2. The van der Waals surface area contributed by atoms with E-state index in [2.05, 4.69) is 10.9 Å². The average Bonchev–Trinajstić information content (AvgIpc) is 2.79. The van der Waals surface area contributed by atoms with E-state index in [-0.39, 0.29) is 17.3 Å². The predicted octanol–water partition coefficient (Wildman–Crippen LogP) is 3.37. The van der Waals surface area contributed by atoms with Crippen LogP contribution >= 0.6 is 34.5 Å². The Morgan fingerprint density at radius 3 is 2.77 bits per heavy atom. The van der Waals surface area contributed by atoms with Crippen LogP contribution in [0.15, 0.2) is 18.2 Å². The molecule has 1 aliphatic rings. The molecule has 26 heavy (non-hydrogen) atoms. The second-order valence-corrected chi connectivity index (χ2v) is 7.88. The summed E-state index contributed by atoms with van der Waals surface area (Å²) in [5.41, 5.74) is 4.69. The number of thiophene rings is 1. The summed E-state index contributed by atoms with van der Waals surface area (Å²) < 4.78 is 0.786. The molecule has 0 aliphatic carbocycles. The first-order valence-corrected chi connectivity index (χ1v) is 9.77. The van der Waals surface area contributed by atoms with Crippen LogP contribution in [0.3, 0.4) is 0 Å². The number of likely N-dealkylation sites (tertiary alicyclic amines) is 1. The molecule has 1 aliphatic heterocycles. The van der Waals surface area contributed by atoms with E-state index in [0.29, 0.717) is 23.0 Å². The normalized spacial score (nSPS) is 15.0. The molecule has 0 radical (unpaired) electrons. The maximum Gasteiger partial charge on any atom is 0.281 e. The van der Waals surface area contributed by atoms with Crippen LogP contribution in [0.2, 0.25) is 10.0 Å². The van der Waals surface area contributed by atoms with Crippen molar-refractivity contribution in [3.63, 3.8) is 0 Å².